The summed E-state index contributed by atoms with van der Waals surface area (Å²) in [6.07, 6.45) is 0. The fraction of sp³-hybridized carbons (Fsp3) is 0. The lowest BCUT2D eigenvalue weighted by molar-refractivity contribution is 0.667. The minimum absolute atomic E-state index is 0.868. The molecule has 180 valence electrons. The van der Waals surface area contributed by atoms with Crippen LogP contribution in [-0.2, 0) is 0 Å². The second kappa shape index (κ2) is 8.45. The lowest BCUT2D eigenvalue weighted by atomic mass is 10.0. The van der Waals surface area contributed by atoms with E-state index in [9.17, 15) is 0 Å². The number of nitrogens with zero attached hydrogens (tertiary/aromatic N) is 1. The van der Waals surface area contributed by atoms with Crippen LogP contribution in [-0.4, -0.2) is 0 Å². The molecule has 0 N–H and O–H groups in total. The second-order valence-corrected chi connectivity index (χ2v) is 11.5. The summed E-state index contributed by atoms with van der Waals surface area (Å²) in [4.78, 5) is 2.37. The average molecular weight is 571 g/mol. The number of para-hydroxylation sites is 1. The summed E-state index contributed by atoms with van der Waals surface area (Å²) in [6, 6.07) is 43.3. The molecule has 0 unspecified atom stereocenters. The first-order valence-corrected chi connectivity index (χ1v) is 14.2. The molecular formula is C34H20BrNOS. The van der Waals surface area contributed by atoms with E-state index in [2.05, 4.69) is 130 Å². The summed E-state index contributed by atoms with van der Waals surface area (Å²) in [5, 5.41) is 7.24. The van der Waals surface area contributed by atoms with Gasteiger partial charge in [-0.05, 0) is 63.8 Å². The molecule has 2 heterocycles. The normalized spacial score (nSPS) is 11.8. The van der Waals surface area contributed by atoms with Gasteiger partial charge >= 0.3 is 0 Å². The van der Waals surface area contributed by atoms with Gasteiger partial charge in [-0.25, -0.2) is 0 Å². The van der Waals surface area contributed by atoms with Crippen LogP contribution < -0.4 is 4.90 Å². The molecular weight excluding hydrogens is 550 g/mol. The van der Waals surface area contributed by atoms with Crippen LogP contribution in [0.25, 0.3) is 52.9 Å². The molecule has 0 aliphatic heterocycles. The number of rotatable bonds is 3. The molecule has 0 atom stereocenters. The Kier molecular flexibility index (Phi) is 4.87. The molecule has 38 heavy (non-hydrogen) atoms. The van der Waals surface area contributed by atoms with Crippen LogP contribution in [0, 0.1) is 0 Å². The Balaban J connectivity index is 1.44. The van der Waals surface area contributed by atoms with Crippen LogP contribution >= 0.6 is 27.3 Å². The Bertz CT molecular complexity index is 2170. The maximum Gasteiger partial charge on any atom is 0.149 e. The van der Waals surface area contributed by atoms with Gasteiger partial charge < -0.3 is 9.32 Å². The van der Waals surface area contributed by atoms with Crippen LogP contribution in [0.4, 0.5) is 17.1 Å². The first-order valence-electron chi connectivity index (χ1n) is 12.5. The highest BCUT2D eigenvalue weighted by Gasteiger charge is 2.20. The highest BCUT2D eigenvalue weighted by atomic mass is 79.9. The molecule has 0 bridgehead atoms. The molecule has 0 saturated heterocycles. The predicted molar refractivity (Wildman–Crippen MR) is 166 cm³/mol. The molecule has 8 rings (SSSR count). The molecule has 0 radical (unpaired) electrons. The summed E-state index contributed by atoms with van der Waals surface area (Å²) in [7, 11) is 0. The van der Waals surface area contributed by atoms with Gasteiger partial charge in [0.1, 0.15) is 11.2 Å². The standard InChI is InChI=1S/C34H20BrNOS/c35-29-19-23(18-28-25-11-3-5-14-31(25)37-34(28)29)36(30-13-7-9-21-8-1-2-10-24(21)30)22-16-17-27-26-12-4-6-15-32(26)38-33(27)20-22/h1-20H. The third-order valence-electron chi connectivity index (χ3n) is 7.30. The molecule has 2 nitrogen and oxygen atoms in total. The van der Waals surface area contributed by atoms with E-state index >= 15 is 0 Å². The number of furan rings is 1. The maximum atomic E-state index is 6.23. The summed E-state index contributed by atoms with van der Waals surface area (Å²) in [5.41, 5.74) is 5.10. The van der Waals surface area contributed by atoms with E-state index in [4.69, 9.17) is 4.42 Å². The summed E-state index contributed by atoms with van der Waals surface area (Å²) < 4.78 is 9.76. The van der Waals surface area contributed by atoms with Crippen LogP contribution in [0.3, 0.4) is 0 Å². The van der Waals surface area contributed by atoms with Gasteiger partial charge in [-0.2, -0.15) is 0 Å². The van der Waals surface area contributed by atoms with Crippen LogP contribution in [0.2, 0.25) is 0 Å². The van der Waals surface area contributed by atoms with Crippen molar-refractivity contribution in [2.24, 2.45) is 0 Å². The highest BCUT2D eigenvalue weighted by Crippen LogP contribution is 2.45. The zero-order valence-corrected chi connectivity index (χ0v) is 22.6. The third kappa shape index (κ3) is 3.31. The van der Waals surface area contributed by atoms with Gasteiger partial charge in [-0.1, -0.05) is 78.9 Å². The summed E-state index contributed by atoms with van der Waals surface area (Å²) >= 11 is 5.68. The van der Waals surface area contributed by atoms with Gasteiger partial charge in [0.15, 0.2) is 0 Å². The Labute approximate surface area is 231 Å². The molecule has 0 aliphatic rings. The molecule has 0 amide bonds. The molecule has 2 aromatic heterocycles. The minimum atomic E-state index is 0.868. The van der Waals surface area contributed by atoms with Gasteiger partial charge in [-0.3, -0.25) is 0 Å². The molecule has 6 aromatic carbocycles. The Hall–Kier alpha value is -4.12. The number of benzene rings is 6. The van der Waals surface area contributed by atoms with Crippen molar-refractivity contribution in [3.63, 3.8) is 0 Å². The van der Waals surface area contributed by atoms with Crippen molar-refractivity contribution in [3.05, 3.63) is 126 Å². The molecule has 0 aliphatic carbocycles. The van der Waals surface area contributed by atoms with E-state index in [1.54, 1.807) is 0 Å². The van der Waals surface area contributed by atoms with Crippen molar-refractivity contribution in [2.75, 3.05) is 4.90 Å². The van der Waals surface area contributed by atoms with Crippen molar-refractivity contribution in [2.45, 2.75) is 0 Å². The van der Waals surface area contributed by atoms with E-state index in [0.29, 0.717) is 0 Å². The van der Waals surface area contributed by atoms with Gasteiger partial charge in [0.05, 0.1) is 10.2 Å². The predicted octanol–water partition coefficient (Wildman–Crippen LogP) is 11.3. The van der Waals surface area contributed by atoms with Gasteiger partial charge in [-0.15, -0.1) is 11.3 Å². The zero-order valence-electron chi connectivity index (χ0n) is 20.2. The van der Waals surface area contributed by atoms with E-state index < -0.39 is 0 Å². The fourth-order valence-electron chi connectivity index (χ4n) is 5.58. The SMILES string of the molecule is Brc1cc(N(c2ccc3c(c2)sc2ccccc23)c2cccc3ccccc23)cc2c1oc1ccccc12. The largest absolute Gasteiger partial charge is 0.455 e. The third-order valence-corrected chi connectivity index (χ3v) is 9.03. The van der Waals surface area contributed by atoms with Crippen LogP contribution in [0.15, 0.2) is 130 Å². The summed E-state index contributed by atoms with van der Waals surface area (Å²) in [5.74, 6) is 0. The van der Waals surface area contributed by atoms with E-state index in [1.807, 2.05) is 23.5 Å². The van der Waals surface area contributed by atoms with E-state index in [-0.39, 0.29) is 0 Å². The Morgan fingerprint density at radius 1 is 0.553 bits per heavy atom. The van der Waals surface area contributed by atoms with Crippen molar-refractivity contribution in [1.82, 2.24) is 0 Å². The van der Waals surface area contributed by atoms with Crippen molar-refractivity contribution >= 4 is 97.2 Å². The number of fused-ring (bicyclic) bond motifs is 7. The number of anilines is 3. The van der Waals surface area contributed by atoms with E-state index in [1.165, 1.54) is 30.9 Å². The first kappa shape index (κ1) is 21.9. The minimum Gasteiger partial charge on any atom is -0.455 e. The number of thiophene rings is 1. The number of halogens is 1. The zero-order chi connectivity index (χ0) is 25.2. The van der Waals surface area contributed by atoms with Crippen LogP contribution in [0.1, 0.15) is 0 Å². The second-order valence-electron chi connectivity index (χ2n) is 9.51. The Morgan fingerprint density at radius 2 is 1.29 bits per heavy atom. The van der Waals surface area contributed by atoms with Crippen molar-refractivity contribution < 1.29 is 4.42 Å². The monoisotopic (exact) mass is 569 g/mol. The topological polar surface area (TPSA) is 16.4 Å². The molecule has 8 aromatic rings. The van der Waals surface area contributed by atoms with Gasteiger partial charge in [0, 0.05) is 47.7 Å². The lowest BCUT2D eigenvalue weighted by Gasteiger charge is -2.27. The maximum absolute atomic E-state index is 6.23. The molecule has 4 heteroatoms. The van der Waals surface area contributed by atoms with Crippen LogP contribution in [0.5, 0.6) is 0 Å². The van der Waals surface area contributed by atoms with Crippen molar-refractivity contribution in [1.29, 1.82) is 0 Å². The molecule has 0 spiro atoms. The first-order chi connectivity index (χ1) is 18.7. The quantitative estimate of drug-likeness (QED) is 0.210. The Morgan fingerprint density at radius 3 is 2.21 bits per heavy atom. The number of hydrogen-bond donors (Lipinski definition) is 0. The fourth-order valence-corrected chi connectivity index (χ4v) is 7.25. The van der Waals surface area contributed by atoms with E-state index in [0.717, 1.165) is 43.5 Å². The smallest absolute Gasteiger partial charge is 0.149 e. The van der Waals surface area contributed by atoms with Gasteiger partial charge in [0.2, 0.25) is 0 Å². The van der Waals surface area contributed by atoms with Gasteiger partial charge in [0.25, 0.3) is 0 Å². The highest BCUT2D eigenvalue weighted by molar-refractivity contribution is 9.10. The average Bonchev–Trinajstić information content (AvgIpc) is 3.52. The molecule has 0 saturated carbocycles. The lowest BCUT2D eigenvalue weighted by Crippen LogP contribution is -2.10. The molecule has 0 fully saturated rings. The van der Waals surface area contributed by atoms with Crippen molar-refractivity contribution in [3.8, 4) is 0 Å². The summed E-state index contributed by atoms with van der Waals surface area (Å²) in [6.45, 7) is 0. The number of hydrogen-bond acceptors (Lipinski definition) is 3.